The summed E-state index contributed by atoms with van der Waals surface area (Å²) < 4.78 is 0. The molecule has 0 bridgehead atoms. The van der Waals surface area contributed by atoms with E-state index in [0.717, 1.165) is 12.2 Å². The van der Waals surface area contributed by atoms with Gasteiger partial charge in [0.05, 0.1) is 4.92 Å². The first-order valence-electron chi connectivity index (χ1n) is 6.28. The Hall–Kier alpha value is -2.63. The van der Waals surface area contributed by atoms with Gasteiger partial charge >= 0.3 is 5.69 Å². The van der Waals surface area contributed by atoms with Crippen LogP contribution in [0.2, 0.25) is 0 Å². The number of para-hydroxylation sites is 1. The van der Waals surface area contributed by atoms with E-state index in [9.17, 15) is 10.1 Å². The minimum absolute atomic E-state index is 0.00476. The summed E-state index contributed by atoms with van der Waals surface area (Å²) in [5, 5.41) is 13.9. The summed E-state index contributed by atoms with van der Waals surface area (Å²) in [6.07, 6.45) is 1.54. The Balaban J connectivity index is 1.92. The van der Waals surface area contributed by atoms with Gasteiger partial charge in [-0.25, -0.2) is 4.98 Å². The maximum absolute atomic E-state index is 10.9. The average Bonchev–Trinajstić information content (AvgIpc) is 2.48. The highest BCUT2D eigenvalue weighted by Gasteiger charge is 2.13. The molecular weight excluding hydrogens is 256 g/mol. The zero-order valence-electron chi connectivity index (χ0n) is 11.2. The minimum atomic E-state index is -0.434. The summed E-state index contributed by atoms with van der Waals surface area (Å²) in [6.45, 7) is 1.29. The molecule has 1 N–H and O–H groups in total. The van der Waals surface area contributed by atoms with Crippen molar-refractivity contribution < 1.29 is 4.92 Å². The van der Waals surface area contributed by atoms with Crippen LogP contribution >= 0.6 is 0 Å². The van der Waals surface area contributed by atoms with Crippen LogP contribution in [-0.4, -0.2) is 30.0 Å². The number of hydrogen-bond donors (Lipinski definition) is 1. The van der Waals surface area contributed by atoms with E-state index in [4.69, 9.17) is 0 Å². The van der Waals surface area contributed by atoms with Crippen molar-refractivity contribution in [3.8, 4) is 0 Å². The van der Waals surface area contributed by atoms with E-state index in [-0.39, 0.29) is 5.69 Å². The van der Waals surface area contributed by atoms with Gasteiger partial charge in [-0.2, -0.15) is 0 Å². The maximum atomic E-state index is 10.9. The quantitative estimate of drug-likeness (QED) is 0.646. The van der Waals surface area contributed by atoms with E-state index in [0.29, 0.717) is 12.4 Å². The highest BCUT2D eigenvalue weighted by molar-refractivity contribution is 5.55. The Labute approximate surface area is 117 Å². The average molecular weight is 272 g/mol. The maximum Gasteiger partial charge on any atom is 0.311 e. The van der Waals surface area contributed by atoms with Gasteiger partial charge < -0.3 is 10.2 Å². The molecule has 6 nitrogen and oxygen atoms in total. The molecule has 20 heavy (non-hydrogen) atoms. The predicted molar refractivity (Wildman–Crippen MR) is 79.1 cm³/mol. The fourth-order valence-corrected chi connectivity index (χ4v) is 1.83. The zero-order chi connectivity index (χ0) is 14.4. The fraction of sp³-hybridized carbons (Fsp3) is 0.214. The van der Waals surface area contributed by atoms with Gasteiger partial charge in [0.25, 0.3) is 0 Å². The zero-order valence-corrected chi connectivity index (χ0v) is 11.2. The Bertz CT molecular complexity index is 574. The van der Waals surface area contributed by atoms with Gasteiger partial charge in [-0.3, -0.25) is 10.1 Å². The van der Waals surface area contributed by atoms with Crippen molar-refractivity contribution in [2.75, 3.05) is 30.4 Å². The van der Waals surface area contributed by atoms with Crippen LogP contribution in [0.25, 0.3) is 0 Å². The summed E-state index contributed by atoms with van der Waals surface area (Å²) >= 11 is 0. The van der Waals surface area contributed by atoms with Gasteiger partial charge in [-0.05, 0) is 18.2 Å². The van der Waals surface area contributed by atoms with Crippen LogP contribution in [0, 0.1) is 10.1 Å². The molecule has 6 heteroatoms. The van der Waals surface area contributed by atoms with Gasteiger partial charge in [0.15, 0.2) is 0 Å². The molecule has 0 atom stereocenters. The largest absolute Gasteiger partial charge is 0.373 e. The Morgan fingerprint density at radius 1 is 1.25 bits per heavy atom. The number of pyridine rings is 1. The third-order valence-electron chi connectivity index (χ3n) is 2.92. The molecular formula is C14H16N4O2. The standard InChI is InChI=1S/C14H16N4O2/c1-17(12-6-3-2-4-7-12)11-10-16-14-13(18(19)20)8-5-9-15-14/h2-9H,10-11H2,1H3,(H,15,16). The van der Waals surface area contributed by atoms with E-state index in [1.807, 2.05) is 37.4 Å². The SMILES string of the molecule is CN(CCNc1ncccc1[N+](=O)[O-])c1ccccc1. The molecule has 0 radical (unpaired) electrons. The molecule has 0 fully saturated rings. The Kier molecular flexibility index (Phi) is 4.49. The summed E-state index contributed by atoms with van der Waals surface area (Å²) in [5.74, 6) is 0.305. The summed E-state index contributed by atoms with van der Waals surface area (Å²) in [5.41, 5.74) is 1.10. The molecule has 0 amide bonds. The lowest BCUT2D eigenvalue weighted by Crippen LogP contribution is -2.25. The molecule has 0 aliphatic carbocycles. The van der Waals surface area contributed by atoms with Crippen LogP contribution in [0.1, 0.15) is 0 Å². The second-order valence-corrected chi connectivity index (χ2v) is 4.31. The number of nitrogens with one attached hydrogen (secondary N) is 1. The topological polar surface area (TPSA) is 71.3 Å². The van der Waals surface area contributed by atoms with Crippen molar-refractivity contribution in [3.63, 3.8) is 0 Å². The summed E-state index contributed by atoms with van der Waals surface area (Å²) in [6, 6.07) is 12.9. The molecule has 104 valence electrons. The molecule has 0 aliphatic heterocycles. The summed E-state index contributed by atoms with van der Waals surface area (Å²) in [7, 11) is 1.98. The van der Waals surface area contributed by atoms with Gasteiger partial charge in [-0.1, -0.05) is 18.2 Å². The third-order valence-corrected chi connectivity index (χ3v) is 2.92. The fourth-order valence-electron chi connectivity index (χ4n) is 1.83. The third kappa shape index (κ3) is 3.44. The smallest absolute Gasteiger partial charge is 0.311 e. The van der Waals surface area contributed by atoms with Gasteiger partial charge in [0, 0.05) is 38.1 Å². The number of anilines is 2. The van der Waals surface area contributed by atoms with Crippen LogP contribution in [0.3, 0.4) is 0 Å². The second-order valence-electron chi connectivity index (χ2n) is 4.31. The monoisotopic (exact) mass is 272 g/mol. The van der Waals surface area contributed by atoms with Crippen LogP contribution in [-0.2, 0) is 0 Å². The number of nitro groups is 1. The van der Waals surface area contributed by atoms with E-state index in [2.05, 4.69) is 15.2 Å². The number of benzene rings is 1. The summed E-state index contributed by atoms with van der Waals surface area (Å²) in [4.78, 5) is 16.5. The number of nitrogens with zero attached hydrogens (tertiary/aromatic N) is 3. The van der Waals surface area contributed by atoms with Crippen molar-refractivity contribution >= 4 is 17.2 Å². The number of rotatable bonds is 6. The first kappa shape index (κ1) is 13.8. The number of hydrogen-bond acceptors (Lipinski definition) is 5. The second kappa shape index (κ2) is 6.51. The predicted octanol–water partition coefficient (Wildman–Crippen LogP) is 2.54. The van der Waals surface area contributed by atoms with Crippen molar-refractivity contribution in [2.45, 2.75) is 0 Å². The van der Waals surface area contributed by atoms with Crippen LogP contribution in [0.5, 0.6) is 0 Å². The van der Waals surface area contributed by atoms with Crippen molar-refractivity contribution in [3.05, 3.63) is 58.8 Å². The van der Waals surface area contributed by atoms with E-state index < -0.39 is 4.92 Å². The molecule has 2 aromatic rings. The highest BCUT2D eigenvalue weighted by Crippen LogP contribution is 2.20. The first-order chi connectivity index (χ1) is 9.68. The molecule has 0 unspecified atom stereocenters. The lowest BCUT2D eigenvalue weighted by Gasteiger charge is -2.19. The van der Waals surface area contributed by atoms with Gasteiger partial charge in [-0.15, -0.1) is 0 Å². The van der Waals surface area contributed by atoms with Gasteiger partial charge in [0.2, 0.25) is 5.82 Å². The van der Waals surface area contributed by atoms with E-state index >= 15 is 0 Å². The normalized spacial score (nSPS) is 10.1. The Morgan fingerprint density at radius 3 is 2.70 bits per heavy atom. The lowest BCUT2D eigenvalue weighted by atomic mass is 10.3. The number of likely N-dealkylation sites (N-methyl/N-ethyl adjacent to an activating group) is 1. The molecule has 0 aliphatic rings. The lowest BCUT2D eigenvalue weighted by molar-refractivity contribution is -0.384. The van der Waals surface area contributed by atoms with Crippen molar-refractivity contribution in [2.24, 2.45) is 0 Å². The molecule has 0 saturated heterocycles. The molecule has 2 rings (SSSR count). The van der Waals surface area contributed by atoms with Gasteiger partial charge in [0.1, 0.15) is 0 Å². The van der Waals surface area contributed by atoms with Crippen molar-refractivity contribution in [1.82, 2.24) is 4.98 Å². The Morgan fingerprint density at radius 2 is 2.00 bits per heavy atom. The molecule has 0 saturated carbocycles. The van der Waals surface area contributed by atoms with E-state index in [1.54, 1.807) is 6.07 Å². The van der Waals surface area contributed by atoms with Crippen LogP contribution < -0.4 is 10.2 Å². The molecule has 1 aromatic heterocycles. The molecule has 1 aromatic carbocycles. The molecule has 1 heterocycles. The number of aromatic nitrogens is 1. The van der Waals surface area contributed by atoms with Crippen LogP contribution in [0.4, 0.5) is 17.2 Å². The molecule has 0 spiro atoms. The van der Waals surface area contributed by atoms with Crippen LogP contribution in [0.15, 0.2) is 48.7 Å². The van der Waals surface area contributed by atoms with E-state index in [1.165, 1.54) is 12.3 Å². The van der Waals surface area contributed by atoms with Crippen molar-refractivity contribution in [1.29, 1.82) is 0 Å². The first-order valence-corrected chi connectivity index (χ1v) is 6.28. The highest BCUT2D eigenvalue weighted by atomic mass is 16.6. The minimum Gasteiger partial charge on any atom is -0.373 e.